The van der Waals surface area contributed by atoms with Crippen molar-refractivity contribution in [2.45, 2.75) is 96.4 Å². The summed E-state index contributed by atoms with van der Waals surface area (Å²) >= 11 is 0. The van der Waals surface area contributed by atoms with E-state index in [4.69, 9.17) is 11.5 Å². The Morgan fingerprint density at radius 1 is 0.557 bits per heavy atom. The van der Waals surface area contributed by atoms with Crippen LogP contribution in [0.4, 0.5) is 22.7 Å². The van der Waals surface area contributed by atoms with Crippen LogP contribution in [-0.4, -0.2) is 79.8 Å². The summed E-state index contributed by atoms with van der Waals surface area (Å²) in [6, 6.07) is 5.74. The maximum absolute atomic E-state index is 13.7. The molecule has 0 aliphatic carbocycles. The van der Waals surface area contributed by atoms with Gasteiger partial charge in [0.25, 0.3) is 23.6 Å². The van der Waals surface area contributed by atoms with E-state index in [9.17, 15) is 28.8 Å². The maximum Gasteiger partial charge on any atom is 0.272 e. The first kappa shape index (κ1) is 47.5. The van der Waals surface area contributed by atoms with Crippen molar-refractivity contribution in [1.82, 2.24) is 29.3 Å². The molecule has 0 aromatic carbocycles. The van der Waals surface area contributed by atoms with Crippen LogP contribution in [0.25, 0.3) is 0 Å². The van der Waals surface area contributed by atoms with Crippen molar-refractivity contribution in [2.75, 3.05) is 40.9 Å². The van der Waals surface area contributed by atoms with E-state index in [-0.39, 0.29) is 48.7 Å². The van der Waals surface area contributed by atoms with Gasteiger partial charge in [-0.3, -0.25) is 28.8 Å². The molecule has 4 aromatic rings. The average Bonchev–Trinajstić information content (AvgIpc) is 4.03. The van der Waals surface area contributed by atoms with Gasteiger partial charge < -0.3 is 62.1 Å². The number of nitrogens with one attached hydrogen (secondary N) is 7. The number of hydrogen-bond acceptors (Lipinski definition) is 8. The van der Waals surface area contributed by atoms with Gasteiger partial charge in [0.1, 0.15) is 22.8 Å². The molecule has 4 rings (SSSR count). The van der Waals surface area contributed by atoms with E-state index < -0.39 is 23.8 Å². The van der Waals surface area contributed by atoms with Crippen molar-refractivity contribution < 1.29 is 28.8 Å². The monoisotopic (exact) mass is 845 g/mol. The number of aromatic amines is 1. The van der Waals surface area contributed by atoms with Crippen LogP contribution < -0.4 is 43.4 Å². The van der Waals surface area contributed by atoms with Crippen LogP contribution in [0.15, 0.2) is 49.1 Å². The third-order valence-electron chi connectivity index (χ3n) is 10.3. The van der Waals surface area contributed by atoms with Crippen molar-refractivity contribution in [3.05, 3.63) is 71.8 Å². The van der Waals surface area contributed by atoms with Crippen LogP contribution in [0.2, 0.25) is 0 Å². The zero-order valence-electron chi connectivity index (χ0n) is 36.0. The van der Waals surface area contributed by atoms with E-state index >= 15 is 0 Å². The quantitative estimate of drug-likeness (QED) is 0.0390. The molecule has 18 heteroatoms. The summed E-state index contributed by atoms with van der Waals surface area (Å²) in [5, 5.41) is 16.8. The first-order valence-corrected chi connectivity index (χ1v) is 21.2. The molecular weight excluding hydrogens is 781 g/mol. The fourth-order valence-electron chi connectivity index (χ4n) is 7.01. The van der Waals surface area contributed by atoms with Crippen LogP contribution in [0, 0.1) is 0 Å². The number of carbonyl (C=O) groups is 6. The first-order valence-electron chi connectivity index (χ1n) is 21.2. The predicted molar refractivity (Wildman–Crippen MR) is 238 cm³/mol. The topological polar surface area (TPSA) is 257 Å². The molecule has 1 atom stereocenters. The van der Waals surface area contributed by atoms with Gasteiger partial charge in [0, 0.05) is 58.5 Å². The SMILES string of the molecule is CCCCCCCCCCCCCCC(CNC(=O)c1cc(NC(=O)c2cc(NC(=O)CN)cn2C)cn1C)NC(=O)c1cc(NC(=O)c2cc(NC(=O)CN)c[nH]2)cn1C. The lowest BCUT2D eigenvalue weighted by Crippen LogP contribution is -2.44. The van der Waals surface area contributed by atoms with Crippen LogP contribution in [-0.2, 0) is 30.7 Å². The molecule has 332 valence electrons. The Balaban J connectivity index is 1.36. The second-order valence-corrected chi connectivity index (χ2v) is 15.4. The van der Waals surface area contributed by atoms with E-state index in [1.165, 1.54) is 69.7 Å². The summed E-state index contributed by atoms with van der Waals surface area (Å²) in [5.74, 6) is -2.45. The number of amides is 6. The van der Waals surface area contributed by atoms with Crippen LogP contribution in [0.3, 0.4) is 0 Å². The minimum Gasteiger partial charge on any atom is -0.355 e. The fourth-order valence-corrected chi connectivity index (χ4v) is 7.01. The molecule has 0 fully saturated rings. The predicted octanol–water partition coefficient (Wildman–Crippen LogP) is 4.95. The van der Waals surface area contributed by atoms with Crippen LogP contribution >= 0.6 is 0 Å². The summed E-state index contributed by atoms with van der Waals surface area (Å²) in [4.78, 5) is 79.4. The lowest BCUT2D eigenvalue weighted by molar-refractivity contribution is -0.115. The summed E-state index contributed by atoms with van der Waals surface area (Å²) < 4.78 is 4.78. The van der Waals surface area contributed by atoms with Gasteiger partial charge in [-0.1, -0.05) is 84.0 Å². The van der Waals surface area contributed by atoms with Gasteiger partial charge >= 0.3 is 0 Å². The number of H-pyrrole nitrogens is 1. The van der Waals surface area contributed by atoms with Crippen LogP contribution in [0.5, 0.6) is 0 Å². The van der Waals surface area contributed by atoms with Gasteiger partial charge in [0.2, 0.25) is 11.8 Å². The molecule has 1 unspecified atom stereocenters. The van der Waals surface area contributed by atoms with E-state index in [1.54, 1.807) is 65.6 Å². The largest absolute Gasteiger partial charge is 0.355 e. The Hall–Kier alpha value is -6.14. The van der Waals surface area contributed by atoms with Crippen molar-refractivity contribution in [3.8, 4) is 0 Å². The van der Waals surface area contributed by atoms with E-state index in [2.05, 4.69) is 43.8 Å². The molecule has 0 saturated carbocycles. The van der Waals surface area contributed by atoms with E-state index in [1.807, 2.05) is 0 Å². The van der Waals surface area contributed by atoms with Gasteiger partial charge in [-0.05, 0) is 30.7 Å². The summed E-state index contributed by atoms with van der Waals surface area (Å²) in [6.07, 6.45) is 21.3. The number of hydrogen-bond donors (Lipinski definition) is 9. The minimum absolute atomic E-state index is 0.153. The molecular formula is C43H64N12O6. The van der Waals surface area contributed by atoms with Gasteiger partial charge in [0.15, 0.2) is 0 Å². The number of rotatable bonds is 26. The molecule has 61 heavy (non-hydrogen) atoms. The smallest absolute Gasteiger partial charge is 0.272 e. The number of carbonyl (C=O) groups excluding carboxylic acids is 6. The second-order valence-electron chi connectivity index (χ2n) is 15.4. The maximum atomic E-state index is 13.7. The van der Waals surface area contributed by atoms with Crippen molar-refractivity contribution in [1.29, 1.82) is 0 Å². The molecule has 11 N–H and O–H groups in total. The van der Waals surface area contributed by atoms with E-state index in [0.717, 1.165) is 25.7 Å². The summed E-state index contributed by atoms with van der Waals surface area (Å²) in [5.41, 5.74) is 13.4. The average molecular weight is 845 g/mol. The molecule has 6 amide bonds. The highest BCUT2D eigenvalue weighted by molar-refractivity contribution is 6.06. The summed E-state index contributed by atoms with van der Waals surface area (Å²) in [6.45, 7) is 2.00. The molecule has 0 aliphatic rings. The Morgan fingerprint density at radius 3 is 1.52 bits per heavy atom. The van der Waals surface area contributed by atoms with Gasteiger partial charge in [-0.15, -0.1) is 0 Å². The number of aryl methyl sites for hydroxylation is 3. The van der Waals surface area contributed by atoms with Gasteiger partial charge in [-0.25, -0.2) is 0 Å². The number of aromatic nitrogens is 4. The molecule has 4 aromatic heterocycles. The van der Waals surface area contributed by atoms with E-state index in [0.29, 0.717) is 40.6 Å². The molecule has 0 spiro atoms. The fraction of sp³-hybridized carbons (Fsp3) is 0.488. The highest BCUT2D eigenvalue weighted by atomic mass is 16.2. The van der Waals surface area contributed by atoms with Crippen molar-refractivity contribution >= 4 is 58.2 Å². The second kappa shape index (κ2) is 24.2. The molecule has 0 radical (unpaired) electrons. The third kappa shape index (κ3) is 15.1. The number of nitrogens with zero attached hydrogens (tertiary/aromatic N) is 3. The normalized spacial score (nSPS) is 11.5. The molecule has 4 heterocycles. The van der Waals surface area contributed by atoms with Gasteiger partial charge in [-0.2, -0.15) is 0 Å². The first-order chi connectivity index (χ1) is 29.3. The lowest BCUT2D eigenvalue weighted by atomic mass is 10.0. The Kier molecular flexibility index (Phi) is 18.9. The molecule has 0 bridgehead atoms. The highest BCUT2D eigenvalue weighted by Gasteiger charge is 2.21. The minimum atomic E-state index is -0.468. The Morgan fingerprint density at radius 2 is 1.00 bits per heavy atom. The zero-order chi connectivity index (χ0) is 44.3. The molecule has 0 saturated heterocycles. The molecule has 18 nitrogen and oxygen atoms in total. The van der Waals surface area contributed by atoms with Crippen molar-refractivity contribution in [3.63, 3.8) is 0 Å². The zero-order valence-corrected chi connectivity index (χ0v) is 36.0. The number of anilines is 4. The standard InChI is InChI=1S/C43H64N12O6/c1-5-6-7-8-9-10-11-12-13-14-15-16-17-29(50-42(60)37-21-32(27-55(37)4)51-40(58)34-18-30(25-46-34)48-38(56)22-44)24-47-41(59)35-20-33(28-53(35)2)52-43(61)36-19-31(26-54(36)3)49-39(57)23-45/h18-21,25-29,46H,5-17,22-24,44-45H2,1-4H3,(H,47,59)(H,48,56)(H,49,57)(H,50,60)(H,51,58)(H,52,61). The number of nitrogens with two attached hydrogens (primary N) is 2. The van der Waals surface area contributed by atoms with Crippen LogP contribution in [0.1, 0.15) is 132 Å². The Labute approximate surface area is 357 Å². The third-order valence-corrected chi connectivity index (χ3v) is 10.3. The van der Waals surface area contributed by atoms with Crippen molar-refractivity contribution in [2.24, 2.45) is 32.6 Å². The molecule has 0 aliphatic heterocycles. The summed E-state index contributed by atoms with van der Waals surface area (Å²) in [7, 11) is 5.07. The lowest BCUT2D eigenvalue weighted by Gasteiger charge is -2.20. The number of unbranched alkanes of at least 4 members (excludes halogenated alkanes) is 11. The Bertz CT molecular complexity index is 2090. The highest BCUT2D eigenvalue weighted by Crippen LogP contribution is 2.20. The van der Waals surface area contributed by atoms with Gasteiger partial charge in [0.05, 0.1) is 35.8 Å².